The van der Waals surface area contributed by atoms with E-state index in [0.29, 0.717) is 17.7 Å². The number of carbonyl (C=O) groups is 2. The fourth-order valence-corrected chi connectivity index (χ4v) is 4.51. The molecule has 11 heteroatoms. The summed E-state index contributed by atoms with van der Waals surface area (Å²) in [6.07, 6.45) is -0.259. The zero-order valence-electron chi connectivity index (χ0n) is 18.5. The van der Waals surface area contributed by atoms with Gasteiger partial charge in [-0.2, -0.15) is 17.4 Å². The largest absolute Gasteiger partial charge is 0.444 e. The highest BCUT2D eigenvalue weighted by Crippen LogP contribution is 2.22. The second-order valence-corrected chi connectivity index (χ2v) is 10.4. The summed E-state index contributed by atoms with van der Waals surface area (Å²) in [5.41, 5.74) is 0.224. The van der Waals surface area contributed by atoms with Crippen LogP contribution in [0, 0.1) is 18.7 Å². The molecule has 3 N–H and O–H groups in total. The van der Waals surface area contributed by atoms with E-state index in [1.54, 1.807) is 34.6 Å². The number of benzene rings is 1. The van der Waals surface area contributed by atoms with E-state index in [1.807, 2.05) is 0 Å². The third-order valence-electron chi connectivity index (χ3n) is 4.59. The van der Waals surface area contributed by atoms with Gasteiger partial charge in [-0.3, -0.25) is 4.79 Å². The number of ether oxygens (including phenoxy) is 1. The van der Waals surface area contributed by atoms with Crippen molar-refractivity contribution in [1.82, 2.24) is 14.3 Å². The maximum Gasteiger partial charge on any atom is 0.407 e. The summed E-state index contributed by atoms with van der Waals surface area (Å²) in [6.45, 7) is 8.69. The summed E-state index contributed by atoms with van der Waals surface area (Å²) >= 11 is 0. The summed E-state index contributed by atoms with van der Waals surface area (Å²) in [5.74, 6) is -1.20. The number of alkyl carbamates (subject to hydrolysis) is 1. The van der Waals surface area contributed by atoms with Crippen LogP contribution in [-0.4, -0.2) is 56.0 Å². The van der Waals surface area contributed by atoms with Crippen molar-refractivity contribution < 1.29 is 27.1 Å². The predicted molar refractivity (Wildman–Crippen MR) is 115 cm³/mol. The van der Waals surface area contributed by atoms with Crippen LogP contribution in [0.4, 0.5) is 14.9 Å². The van der Waals surface area contributed by atoms with Crippen LogP contribution >= 0.6 is 0 Å². The average Bonchev–Trinajstić information content (AvgIpc) is 3.13. The number of nitrogens with zero attached hydrogens (tertiary/aromatic N) is 1. The molecule has 31 heavy (non-hydrogen) atoms. The van der Waals surface area contributed by atoms with Crippen molar-refractivity contribution in [2.24, 2.45) is 5.92 Å². The van der Waals surface area contributed by atoms with Gasteiger partial charge >= 0.3 is 6.09 Å². The Kier molecular flexibility index (Phi) is 8.01. The van der Waals surface area contributed by atoms with Crippen molar-refractivity contribution in [3.05, 3.63) is 29.6 Å². The summed E-state index contributed by atoms with van der Waals surface area (Å²) < 4.78 is 47.4. The fraction of sp³-hybridized carbons (Fsp3) is 0.600. The first-order chi connectivity index (χ1) is 14.3. The van der Waals surface area contributed by atoms with Gasteiger partial charge < -0.3 is 15.4 Å². The number of rotatable bonds is 7. The number of carbonyl (C=O) groups excluding carboxylic acids is 2. The van der Waals surface area contributed by atoms with E-state index in [9.17, 15) is 22.4 Å². The lowest BCUT2D eigenvalue weighted by Crippen LogP contribution is -2.48. The second kappa shape index (κ2) is 9.92. The van der Waals surface area contributed by atoms with Gasteiger partial charge in [-0.1, -0.05) is 0 Å². The molecule has 1 heterocycles. The third-order valence-corrected chi connectivity index (χ3v) is 6.30. The molecule has 2 rings (SSSR count). The summed E-state index contributed by atoms with van der Waals surface area (Å²) in [7, 11) is -3.83. The van der Waals surface area contributed by atoms with E-state index >= 15 is 0 Å². The van der Waals surface area contributed by atoms with E-state index in [-0.39, 0.29) is 31.4 Å². The lowest BCUT2D eigenvalue weighted by atomic mass is 10.1. The number of aryl methyl sites for hydroxylation is 1. The average molecular weight is 459 g/mol. The summed E-state index contributed by atoms with van der Waals surface area (Å²) in [4.78, 5) is 24.2. The summed E-state index contributed by atoms with van der Waals surface area (Å²) in [5, 5.41) is 5.22. The Labute approximate surface area is 182 Å². The Balaban J connectivity index is 1.85. The van der Waals surface area contributed by atoms with E-state index < -0.39 is 33.9 Å². The second-order valence-electron chi connectivity index (χ2n) is 8.70. The molecule has 174 valence electrons. The topological polar surface area (TPSA) is 117 Å². The van der Waals surface area contributed by atoms with Crippen LogP contribution in [0.15, 0.2) is 18.2 Å². The Bertz CT molecular complexity index is 917. The number of hydrogen-bond donors (Lipinski definition) is 3. The van der Waals surface area contributed by atoms with E-state index in [4.69, 9.17) is 4.74 Å². The van der Waals surface area contributed by atoms with Crippen LogP contribution in [0.2, 0.25) is 0 Å². The number of halogens is 1. The third kappa shape index (κ3) is 7.75. The zero-order valence-corrected chi connectivity index (χ0v) is 19.3. The number of hydrogen-bond acceptors (Lipinski definition) is 5. The van der Waals surface area contributed by atoms with Crippen LogP contribution < -0.4 is 15.4 Å². The smallest absolute Gasteiger partial charge is 0.407 e. The Morgan fingerprint density at radius 2 is 2.00 bits per heavy atom. The zero-order chi connectivity index (χ0) is 23.4. The maximum absolute atomic E-state index is 13.4. The number of anilines is 1. The number of nitrogens with one attached hydrogen (secondary N) is 3. The van der Waals surface area contributed by atoms with Crippen molar-refractivity contribution in [2.45, 2.75) is 52.7 Å². The van der Waals surface area contributed by atoms with Crippen LogP contribution in [0.1, 0.15) is 39.7 Å². The van der Waals surface area contributed by atoms with Gasteiger partial charge in [-0.25, -0.2) is 9.18 Å². The first-order valence-electron chi connectivity index (χ1n) is 10.1. The molecule has 0 saturated carbocycles. The van der Waals surface area contributed by atoms with Crippen LogP contribution in [-0.2, 0) is 19.7 Å². The lowest BCUT2D eigenvalue weighted by Gasteiger charge is -2.23. The molecule has 1 aromatic rings. The van der Waals surface area contributed by atoms with Crippen molar-refractivity contribution in [3.63, 3.8) is 0 Å². The molecule has 0 aromatic heterocycles. The molecule has 2 amide bonds. The molecular formula is C20H31FN4O5S. The van der Waals surface area contributed by atoms with Crippen molar-refractivity contribution in [2.75, 3.05) is 25.0 Å². The highest BCUT2D eigenvalue weighted by Gasteiger charge is 2.35. The molecule has 1 aliphatic heterocycles. The molecule has 0 spiro atoms. The van der Waals surface area contributed by atoms with E-state index in [1.165, 1.54) is 22.5 Å². The maximum atomic E-state index is 13.4. The van der Waals surface area contributed by atoms with Crippen LogP contribution in [0.5, 0.6) is 0 Å². The van der Waals surface area contributed by atoms with Gasteiger partial charge in [0.1, 0.15) is 11.4 Å². The van der Waals surface area contributed by atoms with Gasteiger partial charge in [-0.15, -0.1) is 0 Å². The highest BCUT2D eigenvalue weighted by molar-refractivity contribution is 7.87. The molecule has 0 radical (unpaired) electrons. The quantitative estimate of drug-likeness (QED) is 0.579. The fourth-order valence-electron chi connectivity index (χ4n) is 3.05. The van der Waals surface area contributed by atoms with Gasteiger partial charge in [-0.05, 0) is 64.8 Å². The summed E-state index contributed by atoms with van der Waals surface area (Å²) in [6, 6.07) is 3.68. The van der Waals surface area contributed by atoms with Crippen LogP contribution in [0.25, 0.3) is 0 Å². The molecule has 9 nitrogen and oxygen atoms in total. The molecule has 1 aliphatic rings. The normalized spacial score (nSPS) is 18.5. The Hall–Kier alpha value is -2.24. The van der Waals surface area contributed by atoms with E-state index in [2.05, 4.69) is 15.4 Å². The van der Waals surface area contributed by atoms with Gasteiger partial charge in [0.25, 0.3) is 10.2 Å². The predicted octanol–water partition coefficient (Wildman–Crippen LogP) is 2.14. The van der Waals surface area contributed by atoms with Crippen molar-refractivity contribution in [3.8, 4) is 0 Å². The standard InChI is InChI=1S/C20H31FN4O5S/c1-13-10-16(6-7-17(13)21)23-18(26)15-8-9-25(12-15)31(28,29)24-14(2)11-22-19(27)30-20(3,4)5/h6-7,10,14-15,24H,8-9,11-12H2,1-5H3,(H,22,27)(H,23,26)/t14-,15+/m1/s1. The van der Waals surface area contributed by atoms with Gasteiger partial charge in [0, 0.05) is 31.4 Å². The lowest BCUT2D eigenvalue weighted by molar-refractivity contribution is -0.119. The molecule has 0 bridgehead atoms. The van der Waals surface area contributed by atoms with Gasteiger partial charge in [0.2, 0.25) is 5.91 Å². The SMILES string of the molecule is Cc1cc(NC(=O)[C@H]2CCN(S(=O)(=O)N[C@H](C)CNC(=O)OC(C)(C)C)C2)ccc1F. The minimum absolute atomic E-state index is 0.0353. The number of amides is 2. The minimum Gasteiger partial charge on any atom is -0.444 e. The van der Waals surface area contributed by atoms with E-state index in [0.717, 1.165) is 0 Å². The molecule has 2 atom stereocenters. The first kappa shape index (κ1) is 25.0. The monoisotopic (exact) mass is 458 g/mol. The Morgan fingerprint density at radius 1 is 1.32 bits per heavy atom. The van der Waals surface area contributed by atoms with Gasteiger partial charge in [0.05, 0.1) is 5.92 Å². The van der Waals surface area contributed by atoms with Gasteiger partial charge in [0.15, 0.2) is 0 Å². The van der Waals surface area contributed by atoms with Crippen molar-refractivity contribution >= 4 is 27.9 Å². The molecule has 1 aromatic carbocycles. The molecule has 0 aliphatic carbocycles. The molecule has 1 fully saturated rings. The molecule has 0 unspecified atom stereocenters. The van der Waals surface area contributed by atoms with Crippen LogP contribution in [0.3, 0.4) is 0 Å². The Morgan fingerprint density at radius 3 is 2.61 bits per heavy atom. The minimum atomic E-state index is -3.83. The highest BCUT2D eigenvalue weighted by atomic mass is 32.2. The molecule has 1 saturated heterocycles. The molecular weight excluding hydrogens is 427 g/mol. The van der Waals surface area contributed by atoms with Crippen molar-refractivity contribution in [1.29, 1.82) is 0 Å². The first-order valence-corrected chi connectivity index (χ1v) is 11.5.